The van der Waals surface area contributed by atoms with Gasteiger partial charge in [-0.3, -0.25) is 20.2 Å². The number of nitrogens with two attached hydrogens (primary N) is 2. The number of rotatable bonds is 4. The van der Waals surface area contributed by atoms with Crippen molar-refractivity contribution in [3.63, 3.8) is 0 Å². The molecule has 0 spiro atoms. The molecule has 0 saturated heterocycles. The predicted molar refractivity (Wildman–Crippen MR) is 122 cm³/mol. The average molecular weight is 537 g/mol. The van der Waals surface area contributed by atoms with E-state index in [4.69, 9.17) is 33.6 Å². The van der Waals surface area contributed by atoms with Crippen molar-refractivity contribution in [1.29, 1.82) is 10.5 Å². The fourth-order valence-electron chi connectivity index (χ4n) is 2.86. The van der Waals surface area contributed by atoms with Crippen molar-refractivity contribution in [2.45, 2.75) is 6.18 Å². The van der Waals surface area contributed by atoms with E-state index in [0.29, 0.717) is 0 Å². The highest BCUT2D eigenvalue weighted by Crippen LogP contribution is 2.39. The van der Waals surface area contributed by atoms with Crippen LogP contribution in [-0.4, -0.2) is 26.9 Å². The van der Waals surface area contributed by atoms with Crippen LogP contribution in [0.4, 0.5) is 35.9 Å². The summed E-state index contributed by atoms with van der Waals surface area (Å²) in [7, 11) is 1.10. The molecule has 0 bridgehead atoms. The number of halogens is 4. The summed E-state index contributed by atoms with van der Waals surface area (Å²) in [5.41, 5.74) is 6.97. The van der Waals surface area contributed by atoms with E-state index in [-0.39, 0.29) is 39.2 Å². The number of hydrogen-bond acceptors (Lipinski definition) is 11. The molecule has 0 unspecified atom stereocenters. The number of nitriles is 2. The standard InChI is InChI=1S/C14H9F3N4O3.C6H3ClN4O2/c1-24-12-3-2-7(4-8(12)14(15,16)17)10-5-9(19)13(21(22)23)11(6-18)20-10;7-5-1-3(9)6(11(12)13)4(2-8)10-5/h2-5H,1H3,(H2,19,20);1H,(H2,9,10). The number of ether oxygens (including phenoxy) is 1. The van der Waals surface area contributed by atoms with Crippen LogP contribution in [0.3, 0.4) is 0 Å². The Bertz CT molecular complexity index is 1480. The zero-order valence-corrected chi connectivity index (χ0v) is 19.0. The Morgan fingerprint density at radius 3 is 1.95 bits per heavy atom. The number of alkyl halides is 3. The average Bonchev–Trinajstić information content (AvgIpc) is 2.81. The van der Waals surface area contributed by atoms with Gasteiger partial charge in [0.2, 0.25) is 11.4 Å². The first kappa shape index (κ1) is 28.0. The van der Waals surface area contributed by atoms with Crippen molar-refractivity contribution in [3.8, 4) is 29.1 Å². The summed E-state index contributed by atoms with van der Waals surface area (Å²) >= 11 is 5.44. The first-order valence-electron chi connectivity index (χ1n) is 9.36. The molecule has 2 aromatic heterocycles. The molecule has 17 heteroatoms. The highest BCUT2D eigenvalue weighted by atomic mass is 35.5. The first-order chi connectivity index (χ1) is 17.2. The van der Waals surface area contributed by atoms with E-state index < -0.39 is 38.7 Å². The Morgan fingerprint density at radius 2 is 1.49 bits per heavy atom. The van der Waals surface area contributed by atoms with Crippen LogP contribution in [0.15, 0.2) is 30.3 Å². The third kappa shape index (κ3) is 6.27. The second-order valence-electron chi connectivity index (χ2n) is 6.68. The minimum Gasteiger partial charge on any atom is -0.496 e. The lowest BCUT2D eigenvalue weighted by molar-refractivity contribution is -0.384. The Labute approximate surface area is 209 Å². The number of benzene rings is 1. The molecule has 0 aliphatic carbocycles. The van der Waals surface area contributed by atoms with Crippen molar-refractivity contribution in [2.75, 3.05) is 18.6 Å². The van der Waals surface area contributed by atoms with Gasteiger partial charge in [0.15, 0.2) is 0 Å². The molecule has 13 nitrogen and oxygen atoms in total. The summed E-state index contributed by atoms with van der Waals surface area (Å²) < 4.78 is 43.9. The van der Waals surface area contributed by atoms with Crippen molar-refractivity contribution in [3.05, 3.63) is 72.7 Å². The SMILES string of the molecule is COc1ccc(-c2cc(N)c([N+](=O)[O-])c(C#N)n2)cc1C(F)(F)F.N#Cc1nc(Cl)cc(N)c1[N+](=O)[O-]. The molecular weight excluding hydrogens is 525 g/mol. The van der Waals surface area contributed by atoms with E-state index in [9.17, 15) is 33.4 Å². The first-order valence-corrected chi connectivity index (χ1v) is 9.74. The third-order valence-electron chi connectivity index (χ3n) is 4.39. The summed E-state index contributed by atoms with van der Waals surface area (Å²) in [5, 5.41) is 38.7. The summed E-state index contributed by atoms with van der Waals surface area (Å²) in [6.07, 6.45) is -4.67. The molecule has 1 aromatic carbocycles. The largest absolute Gasteiger partial charge is 0.496 e. The van der Waals surface area contributed by atoms with Gasteiger partial charge in [0.1, 0.15) is 34.4 Å². The van der Waals surface area contributed by atoms with Crippen molar-refractivity contribution in [1.82, 2.24) is 9.97 Å². The highest BCUT2D eigenvalue weighted by molar-refractivity contribution is 6.29. The Hall–Kier alpha value is -5.22. The Kier molecular flexibility index (Phi) is 8.34. The number of aromatic nitrogens is 2. The molecule has 0 amide bonds. The number of hydrogen-bond donors (Lipinski definition) is 2. The molecule has 0 radical (unpaired) electrons. The van der Waals surface area contributed by atoms with Crippen LogP contribution in [0.25, 0.3) is 11.3 Å². The molecule has 4 N–H and O–H groups in total. The van der Waals surface area contributed by atoms with Crippen LogP contribution in [0, 0.1) is 42.9 Å². The minimum absolute atomic E-state index is 0.0128. The normalized spacial score (nSPS) is 10.4. The van der Waals surface area contributed by atoms with Crippen LogP contribution < -0.4 is 16.2 Å². The van der Waals surface area contributed by atoms with E-state index in [1.54, 1.807) is 6.07 Å². The quantitative estimate of drug-likeness (QED) is 0.272. The zero-order valence-electron chi connectivity index (χ0n) is 18.3. The maximum atomic E-state index is 13.1. The number of nitro groups is 2. The fraction of sp³-hybridized carbons (Fsp3) is 0.100. The zero-order chi connectivity index (χ0) is 28.1. The smallest absolute Gasteiger partial charge is 0.419 e. The highest BCUT2D eigenvalue weighted by Gasteiger charge is 2.35. The molecule has 3 rings (SSSR count). The third-order valence-corrected chi connectivity index (χ3v) is 4.58. The van der Waals surface area contributed by atoms with Gasteiger partial charge in [0, 0.05) is 11.6 Å². The van der Waals surface area contributed by atoms with Crippen molar-refractivity contribution >= 4 is 34.4 Å². The molecule has 0 aliphatic rings. The van der Waals surface area contributed by atoms with E-state index in [1.165, 1.54) is 12.1 Å². The van der Waals surface area contributed by atoms with Crippen LogP contribution in [-0.2, 0) is 6.18 Å². The molecule has 2 heterocycles. The summed E-state index contributed by atoms with van der Waals surface area (Å²) in [4.78, 5) is 26.8. The number of pyridine rings is 2. The topological polar surface area (TPSA) is 221 Å². The van der Waals surface area contributed by atoms with Crippen LogP contribution in [0.2, 0.25) is 5.15 Å². The lowest BCUT2D eigenvalue weighted by Gasteiger charge is -2.13. The molecule has 37 heavy (non-hydrogen) atoms. The van der Waals surface area contributed by atoms with E-state index >= 15 is 0 Å². The maximum absolute atomic E-state index is 13.1. The Morgan fingerprint density at radius 1 is 0.973 bits per heavy atom. The number of anilines is 2. The predicted octanol–water partition coefficient (Wildman–Crippen LogP) is 4.24. The lowest BCUT2D eigenvalue weighted by atomic mass is 10.0. The Balaban J connectivity index is 0.000000312. The van der Waals surface area contributed by atoms with Crippen LogP contribution in [0.1, 0.15) is 17.0 Å². The van der Waals surface area contributed by atoms with E-state index in [0.717, 1.165) is 31.4 Å². The van der Waals surface area contributed by atoms with Crippen molar-refractivity contribution < 1.29 is 27.8 Å². The number of nitrogens with zero attached hydrogens (tertiary/aromatic N) is 6. The summed E-state index contributed by atoms with van der Waals surface area (Å²) in [6, 6.07) is 8.36. The van der Waals surface area contributed by atoms with Crippen LogP contribution >= 0.6 is 11.6 Å². The monoisotopic (exact) mass is 536 g/mol. The second-order valence-corrected chi connectivity index (χ2v) is 7.06. The van der Waals surface area contributed by atoms with Gasteiger partial charge < -0.3 is 16.2 Å². The van der Waals surface area contributed by atoms with Gasteiger partial charge in [0.05, 0.1) is 28.2 Å². The fourth-order valence-corrected chi connectivity index (χ4v) is 3.06. The van der Waals surface area contributed by atoms with Gasteiger partial charge in [0.25, 0.3) is 0 Å². The molecule has 0 saturated carbocycles. The van der Waals surface area contributed by atoms with Gasteiger partial charge in [-0.15, -0.1) is 0 Å². The molecule has 0 fully saturated rings. The van der Waals surface area contributed by atoms with Crippen molar-refractivity contribution in [2.24, 2.45) is 0 Å². The van der Waals surface area contributed by atoms with E-state index in [2.05, 4.69) is 14.7 Å². The van der Waals surface area contributed by atoms with Gasteiger partial charge in [-0.05, 0) is 24.3 Å². The van der Waals surface area contributed by atoms with Gasteiger partial charge in [-0.25, -0.2) is 9.97 Å². The minimum atomic E-state index is -4.67. The number of nitrogen functional groups attached to an aromatic ring is 2. The molecule has 190 valence electrons. The molecular formula is C20H12ClF3N8O5. The van der Waals surface area contributed by atoms with Gasteiger partial charge in [-0.1, -0.05) is 11.6 Å². The molecule has 3 aromatic rings. The lowest BCUT2D eigenvalue weighted by Crippen LogP contribution is -2.08. The summed E-state index contributed by atoms with van der Waals surface area (Å²) in [6.45, 7) is 0. The van der Waals surface area contributed by atoms with E-state index in [1.807, 2.05) is 0 Å². The maximum Gasteiger partial charge on any atom is 0.419 e. The number of methoxy groups -OCH3 is 1. The van der Waals surface area contributed by atoms with Crippen LogP contribution in [0.5, 0.6) is 5.75 Å². The molecule has 0 atom stereocenters. The van der Waals surface area contributed by atoms with Gasteiger partial charge in [-0.2, -0.15) is 23.7 Å². The second kappa shape index (κ2) is 11.0. The summed E-state index contributed by atoms with van der Waals surface area (Å²) in [5.74, 6) is -0.387. The van der Waals surface area contributed by atoms with Gasteiger partial charge >= 0.3 is 17.6 Å². The molecule has 0 aliphatic heterocycles.